The molecule has 5 aromatic rings. The average Bonchev–Trinajstić information content (AvgIpc) is 3.66. The standard InChI is InChI=1S/C36H27ClN2O5S/c1-41-30-16-21(10-14-28(30)42-19-22-11-15-29-31(17-22)44-20-43-29)18-32-35(40)39-34(25-8-4-5-9-27(25)37)26-13-12-23-6-2-3-7-24(23)33(26)38-36(39)45-32/h2-11,14-18,34H,12-13,19-20H2,1H3/b32-18+/t34-/m0/s1. The number of allylic oxidation sites excluding steroid dienone is 1. The van der Waals surface area contributed by atoms with Crippen molar-refractivity contribution in [2.75, 3.05) is 13.9 Å². The highest BCUT2D eigenvalue weighted by molar-refractivity contribution is 7.07. The largest absolute Gasteiger partial charge is 0.493 e. The molecular weight excluding hydrogens is 608 g/mol. The van der Waals surface area contributed by atoms with Gasteiger partial charge in [-0.15, -0.1) is 0 Å². The molecule has 3 heterocycles. The summed E-state index contributed by atoms with van der Waals surface area (Å²) in [6, 6.07) is 27.2. The highest BCUT2D eigenvalue weighted by Gasteiger charge is 2.33. The quantitative estimate of drug-likeness (QED) is 0.220. The third-order valence-corrected chi connectivity index (χ3v) is 9.72. The summed E-state index contributed by atoms with van der Waals surface area (Å²) in [4.78, 5) is 19.9. The Kier molecular flexibility index (Phi) is 6.96. The highest BCUT2D eigenvalue weighted by Crippen LogP contribution is 2.42. The highest BCUT2D eigenvalue weighted by atomic mass is 35.5. The van der Waals surface area contributed by atoms with E-state index in [1.54, 1.807) is 7.11 Å². The first-order valence-electron chi connectivity index (χ1n) is 14.6. The average molecular weight is 635 g/mol. The van der Waals surface area contributed by atoms with Crippen LogP contribution in [0.25, 0.3) is 11.8 Å². The van der Waals surface area contributed by atoms with Crippen molar-refractivity contribution in [1.29, 1.82) is 0 Å². The summed E-state index contributed by atoms with van der Waals surface area (Å²) >= 11 is 8.15. The normalized spacial score (nSPS) is 16.5. The van der Waals surface area contributed by atoms with Gasteiger partial charge < -0.3 is 18.9 Å². The van der Waals surface area contributed by atoms with Gasteiger partial charge in [-0.25, -0.2) is 4.99 Å². The second-order valence-corrected chi connectivity index (χ2v) is 12.4. The molecule has 0 unspecified atom stereocenters. The molecule has 7 nitrogen and oxygen atoms in total. The minimum absolute atomic E-state index is 0.101. The van der Waals surface area contributed by atoms with Crippen LogP contribution in [0, 0.1) is 0 Å². The van der Waals surface area contributed by atoms with E-state index in [0.29, 0.717) is 38.2 Å². The van der Waals surface area contributed by atoms with Gasteiger partial charge in [-0.2, -0.15) is 0 Å². The minimum Gasteiger partial charge on any atom is -0.493 e. The van der Waals surface area contributed by atoms with Crippen molar-refractivity contribution < 1.29 is 18.9 Å². The van der Waals surface area contributed by atoms with Crippen LogP contribution in [-0.2, 0) is 13.0 Å². The van der Waals surface area contributed by atoms with Gasteiger partial charge in [-0.05, 0) is 77.1 Å². The number of ether oxygens (including phenoxy) is 4. The van der Waals surface area contributed by atoms with Crippen molar-refractivity contribution in [3.8, 4) is 23.0 Å². The summed E-state index contributed by atoms with van der Waals surface area (Å²) in [5.74, 6) is 2.60. The second-order valence-electron chi connectivity index (χ2n) is 11.0. The van der Waals surface area contributed by atoms with Crippen LogP contribution < -0.4 is 33.8 Å². The fourth-order valence-corrected chi connectivity index (χ4v) is 7.47. The van der Waals surface area contributed by atoms with Crippen molar-refractivity contribution in [1.82, 2.24) is 4.57 Å². The second kappa shape index (κ2) is 11.3. The lowest BCUT2D eigenvalue weighted by Crippen LogP contribution is -2.38. The molecule has 0 N–H and O–H groups in total. The first-order chi connectivity index (χ1) is 22.1. The molecule has 0 radical (unpaired) electrons. The third-order valence-electron chi connectivity index (χ3n) is 8.39. The number of thiazole rings is 1. The van der Waals surface area contributed by atoms with Crippen LogP contribution in [-0.4, -0.2) is 18.5 Å². The van der Waals surface area contributed by atoms with E-state index >= 15 is 0 Å². The first kappa shape index (κ1) is 27.7. The zero-order chi connectivity index (χ0) is 30.5. The molecule has 2 aliphatic heterocycles. The Morgan fingerprint density at radius 1 is 0.978 bits per heavy atom. The number of nitrogens with zero attached hydrogens (tertiary/aromatic N) is 2. The van der Waals surface area contributed by atoms with Gasteiger partial charge in [0.05, 0.1) is 23.4 Å². The van der Waals surface area contributed by atoms with Crippen LogP contribution in [0.3, 0.4) is 0 Å². The van der Waals surface area contributed by atoms with E-state index in [9.17, 15) is 4.79 Å². The summed E-state index contributed by atoms with van der Waals surface area (Å²) in [7, 11) is 1.60. The van der Waals surface area contributed by atoms with Crippen molar-refractivity contribution >= 4 is 34.7 Å². The molecule has 1 aromatic heterocycles. The Labute approximate surface area is 267 Å². The molecule has 8 rings (SSSR count). The fraction of sp³-hybridized carbons (Fsp3) is 0.167. The number of fused-ring (bicyclic) bond motifs is 4. The lowest BCUT2D eigenvalue weighted by Gasteiger charge is -2.31. The summed E-state index contributed by atoms with van der Waals surface area (Å²) < 4.78 is 25.0. The predicted molar refractivity (Wildman–Crippen MR) is 174 cm³/mol. The van der Waals surface area contributed by atoms with Gasteiger partial charge in [0, 0.05) is 10.6 Å². The fourth-order valence-electron chi connectivity index (χ4n) is 6.23. The molecule has 0 fully saturated rings. The Bertz CT molecular complexity index is 2200. The summed E-state index contributed by atoms with van der Waals surface area (Å²) in [5.41, 5.74) is 7.02. The van der Waals surface area contributed by atoms with Gasteiger partial charge in [0.15, 0.2) is 27.8 Å². The molecule has 0 spiro atoms. The molecule has 0 saturated heterocycles. The van der Waals surface area contributed by atoms with Gasteiger partial charge in [-0.1, -0.05) is 77.5 Å². The van der Waals surface area contributed by atoms with Gasteiger partial charge in [-0.3, -0.25) is 9.36 Å². The van der Waals surface area contributed by atoms with Crippen molar-refractivity contribution in [2.24, 2.45) is 4.99 Å². The van der Waals surface area contributed by atoms with Crippen LogP contribution in [0.15, 0.2) is 100 Å². The van der Waals surface area contributed by atoms with Gasteiger partial charge in [0.2, 0.25) is 6.79 Å². The maximum Gasteiger partial charge on any atom is 0.271 e. The molecule has 1 atom stereocenters. The lowest BCUT2D eigenvalue weighted by atomic mass is 9.83. The number of hydrogen-bond acceptors (Lipinski definition) is 7. The monoisotopic (exact) mass is 634 g/mol. The third kappa shape index (κ3) is 4.90. The van der Waals surface area contributed by atoms with Crippen molar-refractivity contribution in [3.05, 3.63) is 143 Å². The van der Waals surface area contributed by atoms with Crippen LogP contribution in [0.1, 0.15) is 40.3 Å². The zero-order valence-electron chi connectivity index (χ0n) is 24.3. The topological polar surface area (TPSA) is 71.3 Å². The number of aromatic nitrogens is 1. The Morgan fingerprint density at radius 3 is 2.71 bits per heavy atom. The Balaban J connectivity index is 1.18. The Hall–Kier alpha value is -4.79. The van der Waals surface area contributed by atoms with Crippen LogP contribution in [0.5, 0.6) is 23.0 Å². The van der Waals surface area contributed by atoms with Gasteiger partial charge in [0.25, 0.3) is 5.56 Å². The zero-order valence-corrected chi connectivity index (χ0v) is 25.9. The molecule has 9 heteroatoms. The summed E-state index contributed by atoms with van der Waals surface area (Å²) in [6.45, 7) is 0.560. The number of halogens is 1. The molecule has 3 aliphatic rings. The molecule has 0 saturated carbocycles. The molecule has 0 bridgehead atoms. The number of benzene rings is 4. The predicted octanol–water partition coefficient (Wildman–Crippen LogP) is 6.29. The maximum atomic E-state index is 14.1. The van der Waals surface area contributed by atoms with E-state index in [1.165, 1.54) is 16.9 Å². The van der Waals surface area contributed by atoms with Crippen molar-refractivity contribution in [3.63, 3.8) is 0 Å². The van der Waals surface area contributed by atoms with Crippen molar-refractivity contribution in [2.45, 2.75) is 25.5 Å². The van der Waals surface area contributed by atoms with E-state index in [2.05, 4.69) is 18.2 Å². The Morgan fingerprint density at radius 2 is 1.82 bits per heavy atom. The molecular formula is C36H27ClN2O5S. The molecule has 224 valence electrons. The van der Waals surface area contributed by atoms with Crippen LogP contribution in [0.4, 0.5) is 0 Å². The number of rotatable bonds is 6. The minimum atomic E-state index is -0.332. The molecule has 1 aliphatic carbocycles. The smallest absolute Gasteiger partial charge is 0.271 e. The number of aryl methyl sites for hydroxylation is 1. The van der Waals surface area contributed by atoms with E-state index in [-0.39, 0.29) is 18.4 Å². The molecule has 4 aromatic carbocycles. The maximum absolute atomic E-state index is 14.1. The first-order valence-corrected chi connectivity index (χ1v) is 15.8. The lowest BCUT2D eigenvalue weighted by molar-refractivity contribution is 0.174. The summed E-state index contributed by atoms with van der Waals surface area (Å²) in [6.07, 6.45) is 3.58. The SMILES string of the molecule is COc1cc(/C=c2/sc3n(c2=O)[C@@H](c2ccccc2Cl)C2=C(N=3)c3ccccc3CC2)ccc1OCc1ccc2c(c1)OCO2. The van der Waals surface area contributed by atoms with E-state index < -0.39 is 0 Å². The van der Waals surface area contributed by atoms with Crippen LogP contribution >= 0.6 is 22.9 Å². The number of methoxy groups -OCH3 is 1. The summed E-state index contributed by atoms with van der Waals surface area (Å²) in [5, 5.41) is 0.630. The molecule has 45 heavy (non-hydrogen) atoms. The number of hydrogen-bond donors (Lipinski definition) is 0. The van der Waals surface area contributed by atoms with Crippen LogP contribution in [0.2, 0.25) is 5.02 Å². The molecule has 0 amide bonds. The van der Waals surface area contributed by atoms with E-state index in [1.807, 2.05) is 77.4 Å². The van der Waals surface area contributed by atoms with E-state index in [4.69, 9.17) is 35.5 Å². The van der Waals surface area contributed by atoms with E-state index in [0.717, 1.165) is 52.1 Å². The van der Waals surface area contributed by atoms with Gasteiger partial charge in [0.1, 0.15) is 6.61 Å². The van der Waals surface area contributed by atoms with Gasteiger partial charge >= 0.3 is 0 Å².